The van der Waals surface area contributed by atoms with Crippen molar-refractivity contribution in [2.45, 2.75) is 37.6 Å². The summed E-state index contributed by atoms with van der Waals surface area (Å²) in [5.41, 5.74) is 1.82. The van der Waals surface area contributed by atoms with E-state index in [1.54, 1.807) is 0 Å². The first-order valence-electron chi connectivity index (χ1n) is 8.00. The van der Waals surface area contributed by atoms with E-state index in [2.05, 4.69) is 9.98 Å². The molecule has 2 aliphatic rings. The zero-order valence-corrected chi connectivity index (χ0v) is 13.0. The maximum atomic E-state index is 12.9. The second kappa shape index (κ2) is 5.05. The number of nitrogens with one attached hydrogen (secondary N) is 1. The van der Waals surface area contributed by atoms with Crippen LogP contribution in [-0.2, 0) is 15.1 Å². The van der Waals surface area contributed by atoms with Crippen molar-refractivity contribution in [3.8, 4) is 0 Å². The molecule has 1 N–H and O–H groups in total. The molecule has 2 heterocycles. The molecule has 0 atom stereocenters. The molecule has 1 aromatic carbocycles. The Kier molecular flexibility index (Phi) is 3.11. The molecule has 1 spiro atoms. The van der Waals surface area contributed by atoms with Crippen LogP contribution in [0.1, 0.15) is 48.2 Å². The molecule has 0 amide bonds. The SMILES string of the molecule is COC(=O)C1=NC2(CCCCC2)c2[nH]c3ccccc3c2C1=O. The van der Waals surface area contributed by atoms with Gasteiger partial charge in [-0.25, -0.2) is 4.79 Å². The van der Waals surface area contributed by atoms with E-state index in [0.29, 0.717) is 5.56 Å². The number of ether oxygens (including phenoxy) is 1. The van der Waals surface area contributed by atoms with Gasteiger partial charge in [0.1, 0.15) is 5.54 Å². The summed E-state index contributed by atoms with van der Waals surface area (Å²) in [7, 11) is 1.29. The van der Waals surface area contributed by atoms with Crippen LogP contribution < -0.4 is 0 Å². The van der Waals surface area contributed by atoms with Crippen molar-refractivity contribution in [2.75, 3.05) is 7.11 Å². The molecular weight excluding hydrogens is 292 g/mol. The molecule has 2 aromatic rings. The molecule has 23 heavy (non-hydrogen) atoms. The van der Waals surface area contributed by atoms with Gasteiger partial charge >= 0.3 is 5.97 Å². The number of aliphatic imine (C=N–C) groups is 1. The Morgan fingerprint density at radius 2 is 1.96 bits per heavy atom. The van der Waals surface area contributed by atoms with Gasteiger partial charge in [-0.1, -0.05) is 37.5 Å². The number of rotatable bonds is 1. The van der Waals surface area contributed by atoms with Crippen molar-refractivity contribution < 1.29 is 14.3 Å². The van der Waals surface area contributed by atoms with E-state index in [4.69, 9.17) is 4.74 Å². The third-order valence-electron chi connectivity index (χ3n) is 5.00. The minimum Gasteiger partial charge on any atom is -0.464 e. The molecule has 1 aliphatic carbocycles. The lowest BCUT2D eigenvalue weighted by Crippen LogP contribution is -2.40. The Hall–Kier alpha value is -2.43. The summed E-state index contributed by atoms with van der Waals surface area (Å²) < 4.78 is 4.80. The normalized spacial score (nSPS) is 19.5. The minimum absolute atomic E-state index is 0.0633. The molecule has 4 rings (SSSR count). The summed E-state index contributed by atoms with van der Waals surface area (Å²) in [5, 5.41) is 0.855. The molecule has 1 saturated carbocycles. The van der Waals surface area contributed by atoms with Gasteiger partial charge in [-0.15, -0.1) is 0 Å². The van der Waals surface area contributed by atoms with E-state index in [9.17, 15) is 9.59 Å². The Balaban J connectivity index is 2.00. The first-order chi connectivity index (χ1) is 11.2. The Morgan fingerprint density at radius 1 is 1.22 bits per heavy atom. The largest absolute Gasteiger partial charge is 0.464 e. The lowest BCUT2D eigenvalue weighted by atomic mass is 9.75. The predicted molar refractivity (Wildman–Crippen MR) is 86.8 cm³/mol. The molecule has 0 unspecified atom stereocenters. The number of hydrogen-bond donors (Lipinski definition) is 1. The number of hydrogen-bond acceptors (Lipinski definition) is 4. The lowest BCUT2D eigenvalue weighted by molar-refractivity contribution is -0.132. The van der Waals surface area contributed by atoms with Gasteiger partial charge in [-0.3, -0.25) is 9.79 Å². The van der Waals surface area contributed by atoms with E-state index in [-0.39, 0.29) is 11.5 Å². The van der Waals surface area contributed by atoms with Crippen LogP contribution in [-0.4, -0.2) is 29.6 Å². The molecule has 118 valence electrons. The van der Waals surface area contributed by atoms with E-state index in [0.717, 1.165) is 48.7 Å². The van der Waals surface area contributed by atoms with Gasteiger partial charge < -0.3 is 9.72 Å². The summed E-state index contributed by atoms with van der Waals surface area (Å²) in [6, 6.07) is 7.71. The van der Waals surface area contributed by atoms with Gasteiger partial charge in [0.25, 0.3) is 0 Å². The first kappa shape index (κ1) is 14.2. The maximum Gasteiger partial charge on any atom is 0.360 e. The summed E-state index contributed by atoms with van der Waals surface area (Å²) in [5.74, 6) is -0.976. The zero-order chi connectivity index (χ0) is 16.0. The van der Waals surface area contributed by atoms with Crippen LogP contribution in [0.25, 0.3) is 10.9 Å². The number of ketones is 1. The quantitative estimate of drug-likeness (QED) is 0.823. The summed E-state index contributed by atoms with van der Waals surface area (Å²) in [6.07, 6.45) is 4.94. The molecule has 5 heteroatoms. The number of para-hydroxylation sites is 1. The van der Waals surface area contributed by atoms with E-state index >= 15 is 0 Å². The number of methoxy groups -OCH3 is 1. The molecule has 0 saturated heterocycles. The Labute approximate surface area is 133 Å². The fourth-order valence-electron chi connectivity index (χ4n) is 3.90. The average Bonchev–Trinajstić information content (AvgIpc) is 2.99. The lowest BCUT2D eigenvalue weighted by Gasteiger charge is -2.36. The third kappa shape index (κ3) is 1.96. The van der Waals surface area contributed by atoms with Gasteiger partial charge in [-0.05, 0) is 18.9 Å². The highest BCUT2D eigenvalue weighted by Crippen LogP contribution is 2.46. The van der Waals surface area contributed by atoms with Crippen molar-refractivity contribution in [1.82, 2.24) is 4.98 Å². The number of nitrogens with zero attached hydrogens (tertiary/aromatic N) is 1. The summed E-state index contributed by atoms with van der Waals surface area (Å²) in [6.45, 7) is 0. The Bertz CT molecular complexity index is 841. The smallest absolute Gasteiger partial charge is 0.360 e. The standard InChI is InChI=1S/C18H18N2O3/c1-23-17(22)14-15(21)13-11-7-3-4-8-12(11)19-16(13)18(20-14)9-5-2-6-10-18/h3-4,7-8,19H,2,5-6,9-10H2,1H3. The highest BCUT2D eigenvalue weighted by Gasteiger charge is 2.45. The van der Waals surface area contributed by atoms with Crippen molar-refractivity contribution >= 4 is 28.4 Å². The van der Waals surface area contributed by atoms with Crippen LogP contribution in [0.4, 0.5) is 0 Å². The molecule has 1 aliphatic heterocycles. The number of aromatic nitrogens is 1. The van der Waals surface area contributed by atoms with Gasteiger partial charge in [0, 0.05) is 10.9 Å². The first-order valence-corrected chi connectivity index (χ1v) is 8.00. The van der Waals surface area contributed by atoms with E-state index in [1.807, 2.05) is 24.3 Å². The third-order valence-corrected chi connectivity index (χ3v) is 5.00. The minimum atomic E-state index is -0.643. The number of esters is 1. The molecule has 1 fully saturated rings. The second-order valence-electron chi connectivity index (χ2n) is 6.29. The molecule has 1 aromatic heterocycles. The zero-order valence-electron chi connectivity index (χ0n) is 13.0. The second-order valence-corrected chi connectivity index (χ2v) is 6.29. The van der Waals surface area contributed by atoms with Crippen molar-refractivity contribution in [3.63, 3.8) is 0 Å². The number of H-pyrrole nitrogens is 1. The molecule has 0 bridgehead atoms. The summed E-state index contributed by atoms with van der Waals surface area (Å²) >= 11 is 0. The Morgan fingerprint density at radius 3 is 2.70 bits per heavy atom. The molecular formula is C18H18N2O3. The van der Waals surface area contributed by atoms with E-state index < -0.39 is 11.5 Å². The van der Waals surface area contributed by atoms with Crippen LogP contribution in [0.2, 0.25) is 0 Å². The topological polar surface area (TPSA) is 71.5 Å². The van der Waals surface area contributed by atoms with Gasteiger partial charge in [-0.2, -0.15) is 0 Å². The van der Waals surface area contributed by atoms with Gasteiger partial charge in [0.15, 0.2) is 5.71 Å². The van der Waals surface area contributed by atoms with Crippen molar-refractivity contribution in [3.05, 3.63) is 35.5 Å². The monoisotopic (exact) mass is 310 g/mol. The van der Waals surface area contributed by atoms with Crippen LogP contribution in [0.15, 0.2) is 29.3 Å². The fraction of sp³-hybridized carbons (Fsp3) is 0.389. The average molecular weight is 310 g/mol. The number of fused-ring (bicyclic) bond motifs is 4. The molecule has 0 radical (unpaired) electrons. The van der Waals surface area contributed by atoms with Gasteiger partial charge in [0.05, 0.1) is 18.4 Å². The van der Waals surface area contributed by atoms with Crippen LogP contribution >= 0.6 is 0 Å². The van der Waals surface area contributed by atoms with E-state index in [1.165, 1.54) is 7.11 Å². The van der Waals surface area contributed by atoms with Crippen LogP contribution in [0, 0.1) is 0 Å². The predicted octanol–water partition coefficient (Wildman–Crippen LogP) is 3.14. The van der Waals surface area contributed by atoms with Crippen LogP contribution in [0.5, 0.6) is 0 Å². The highest BCUT2D eigenvalue weighted by atomic mass is 16.5. The highest BCUT2D eigenvalue weighted by molar-refractivity contribution is 6.69. The number of Topliss-reactive ketones (excluding diaryl/α,β-unsaturated/α-hetero) is 1. The van der Waals surface area contributed by atoms with Crippen LogP contribution in [0.3, 0.4) is 0 Å². The fourth-order valence-corrected chi connectivity index (χ4v) is 3.90. The molecule has 5 nitrogen and oxygen atoms in total. The van der Waals surface area contributed by atoms with Crippen molar-refractivity contribution in [2.24, 2.45) is 4.99 Å². The maximum absolute atomic E-state index is 12.9. The number of benzene rings is 1. The van der Waals surface area contributed by atoms with Crippen molar-refractivity contribution in [1.29, 1.82) is 0 Å². The number of carbonyl (C=O) groups excluding carboxylic acids is 2. The number of aromatic amines is 1. The van der Waals surface area contributed by atoms with Gasteiger partial charge in [0.2, 0.25) is 5.78 Å². The summed E-state index contributed by atoms with van der Waals surface area (Å²) in [4.78, 5) is 33.0. The number of carbonyl (C=O) groups is 2.